The molecule has 1 aromatic heterocycles. The molecule has 0 unspecified atom stereocenters. The highest BCUT2D eigenvalue weighted by molar-refractivity contribution is 5.85. The zero-order valence-electron chi connectivity index (χ0n) is 8.42. The van der Waals surface area contributed by atoms with Gasteiger partial charge in [0.25, 0.3) is 0 Å². The molecule has 0 bridgehead atoms. The molecule has 0 fully saturated rings. The number of hydrogen-bond acceptors (Lipinski definition) is 3. The summed E-state index contributed by atoms with van der Waals surface area (Å²) in [6, 6.07) is 8.93. The predicted octanol–water partition coefficient (Wildman–Crippen LogP) is 1.16. The fourth-order valence-electron chi connectivity index (χ4n) is 1.42. The molecule has 1 atom stereocenters. The number of aromatic carboxylic acids is 1. The Morgan fingerprint density at radius 2 is 2.06 bits per heavy atom. The summed E-state index contributed by atoms with van der Waals surface area (Å²) in [5, 5.41) is 8.74. The third-order valence-electron chi connectivity index (χ3n) is 2.28. The van der Waals surface area contributed by atoms with Gasteiger partial charge in [-0.15, -0.1) is 0 Å². The van der Waals surface area contributed by atoms with Gasteiger partial charge < -0.3 is 15.8 Å². The first-order chi connectivity index (χ1) is 7.68. The molecule has 1 aromatic carbocycles. The summed E-state index contributed by atoms with van der Waals surface area (Å²) in [5.41, 5.74) is 6.87. The molecular weight excluding hydrogens is 206 g/mol. The van der Waals surface area contributed by atoms with Crippen molar-refractivity contribution in [3.63, 3.8) is 0 Å². The Kier molecular flexibility index (Phi) is 2.70. The number of imidazole rings is 1. The monoisotopic (exact) mass is 217 g/mol. The molecule has 5 heteroatoms. The van der Waals surface area contributed by atoms with Crippen molar-refractivity contribution in [1.29, 1.82) is 0 Å². The Bertz CT molecular complexity index is 493. The second kappa shape index (κ2) is 4.16. The van der Waals surface area contributed by atoms with Crippen LogP contribution in [0.15, 0.2) is 36.5 Å². The number of aromatic amines is 1. The van der Waals surface area contributed by atoms with Gasteiger partial charge in [-0.25, -0.2) is 9.78 Å². The van der Waals surface area contributed by atoms with Gasteiger partial charge in [0.2, 0.25) is 0 Å². The molecule has 0 aliphatic rings. The van der Waals surface area contributed by atoms with Crippen molar-refractivity contribution in [2.75, 3.05) is 0 Å². The average Bonchev–Trinajstić information content (AvgIpc) is 2.78. The Balaban J connectivity index is 2.27. The molecule has 0 amide bonds. The molecule has 2 aromatic rings. The zero-order valence-corrected chi connectivity index (χ0v) is 8.42. The van der Waals surface area contributed by atoms with Crippen molar-refractivity contribution in [1.82, 2.24) is 9.97 Å². The normalized spacial score (nSPS) is 12.3. The number of aromatic nitrogens is 2. The summed E-state index contributed by atoms with van der Waals surface area (Å²) in [5.74, 6) is -0.595. The molecule has 2 rings (SSSR count). The van der Waals surface area contributed by atoms with Crippen LogP contribution in [0.3, 0.4) is 0 Å². The summed E-state index contributed by atoms with van der Waals surface area (Å²) in [7, 11) is 0. The van der Waals surface area contributed by atoms with E-state index in [1.54, 1.807) is 0 Å². The van der Waals surface area contributed by atoms with Gasteiger partial charge in [0, 0.05) is 0 Å². The van der Waals surface area contributed by atoms with Gasteiger partial charge in [0.15, 0.2) is 0 Å². The molecule has 4 N–H and O–H groups in total. The lowest BCUT2D eigenvalue weighted by Gasteiger charge is -2.08. The number of benzene rings is 1. The number of carbonyl (C=O) groups is 1. The Morgan fingerprint density at radius 1 is 1.38 bits per heavy atom. The lowest BCUT2D eigenvalue weighted by atomic mass is 10.1. The van der Waals surface area contributed by atoms with Crippen LogP contribution in [0.5, 0.6) is 0 Å². The number of hydrogen-bond donors (Lipinski definition) is 3. The maximum atomic E-state index is 10.7. The van der Waals surface area contributed by atoms with Crippen LogP contribution >= 0.6 is 0 Å². The molecule has 0 saturated heterocycles. The second-order valence-corrected chi connectivity index (χ2v) is 3.38. The highest BCUT2D eigenvalue weighted by Gasteiger charge is 2.14. The summed E-state index contributed by atoms with van der Waals surface area (Å²) in [4.78, 5) is 17.3. The predicted molar refractivity (Wildman–Crippen MR) is 58.0 cm³/mol. The van der Waals surface area contributed by atoms with Crippen LogP contribution in [0.4, 0.5) is 0 Å². The fourth-order valence-corrected chi connectivity index (χ4v) is 1.42. The molecule has 16 heavy (non-hydrogen) atoms. The van der Waals surface area contributed by atoms with Gasteiger partial charge >= 0.3 is 5.97 Å². The molecule has 0 spiro atoms. The molecule has 0 radical (unpaired) electrons. The molecule has 5 nitrogen and oxygen atoms in total. The average molecular weight is 217 g/mol. The van der Waals surface area contributed by atoms with Gasteiger partial charge in [-0.3, -0.25) is 0 Å². The van der Waals surface area contributed by atoms with Gasteiger partial charge in [0.05, 0.1) is 12.2 Å². The van der Waals surface area contributed by atoms with Crippen LogP contribution in [-0.2, 0) is 0 Å². The van der Waals surface area contributed by atoms with Crippen molar-refractivity contribution in [3.8, 4) is 0 Å². The van der Waals surface area contributed by atoms with E-state index in [9.17, 15) is 4.79 Å². The summed E-state index contributed by atoms with van der Waals surface area (Å²) in [6.07, 6.45) is 1.26. The number of nitrogens with zero attached hydrogens (tertiary/aromatic N) is 1. The number of carboxylic acid groups (broad SMARTS) is 1. The Hall–Kier alpha value is -2.14. The zero-order chi connectivity index (χ0) is 11.5. The SMILES string of the molecule is N[C@H](c1ccccc1)c1ncc(C(=O)O)[nH]1. The van der Waals surface area contributed by atoms with Crippen LogP contribution in [-0.4, -0.2) is 21.0 Å². The smallest absolute Gasteiger partial charge is 0.353 e. The molecule has 0 aliphatic heterocycles. The summed E-state index contributed by atoms with van der Waals surface area (Å²) < 4.78 is 0. The maximum Gasteiger partial charge on any atom is 0.353 e. The minimum atomic E-state index is -1.04. The minimum absolute atomic E-state index is 0.0429. The number of H-pyrrole nitrogens is 1. The first-order valence-electron chi connectivity index (χ1n) is 4.77. The molecular formula is C11H11N3O2. The van der Waals surface area contributed by atoms with Gasteiger partial charge in [-0.1, -0.05) is 30.3 Å². The number of rotatable bonds is 3. The van der Waals surface area contributed by atoms with Crippen molar-refractivity contribution >= 4 is 5.97 Å². The van der Waals surface area contributed by atoms with Crippen molar-refractivity contribution in [2.45, 2.75) is 6.04 Å². The lowest BCUT2D eigenvalue weighted by molar-refractivity contribution is 0.0691. The largest absolute Gasteiger partial charge is 0.477 e. The van der Waals surface area contributed by atoms with Crippen molar-refractivity contribution in [3.05, 3.63) is 53.6 Å². The van der Waals surface area contributed by atoms with Gasteiger partial charge in [-0.05, 0) is 5.56 Å². The standard InChI is InChI=1S/C11H11N3O2/c12-9(7-4-2-1-3-5-7)10-13-6-8(14-10)11(15)16/h1-6,9H,12H2,(H,13,14)(H,15,16)/t9-/m1/s1. The van der Waals surface area contributed by atoms with E-state index in [4.69, 9.17) is 10.8 Å². The highest BCUT2D eigenvalue weighted by Crippen LogP contribution is 2.16. The van der Waals surface area contributed by atoms with E-state index in [1.807, 2.05) is 30.3 Å². The van der Waals surface area contributed by atoms with Crippen LogP contribution in [0.1, 0.15) is 27.9 Å². The molecule has 0 aliphatic carbocycles. The quantitative estimate of drug-likeness (QED) is 0.719. The highest BCUT2D eigenvalue weighted by atomic mass is 16.4. The Labute approximate surface area is 91.9 Å². The van der Waals surface area contributed by atoms with E-state index in [-0.39, 0.29) is 5.69 Å². The molecule has 82 valence electrons. The van der Waals surface area contributed by atoms with Crippen LogP contribution in [0.25, 0.3) is 0 Å². The van der Waals surface area contributed by atoms with E-state index in [1.165, 1.54) is 6.20 Å². The number of nitrogens with two attached hydrogens (primary N) is 1. The summed E-state index contributed by atoms with van der Waals surface area (Å²) in [6.45, 7) is 0. The van der Waals surface area contributed by atoms with E-state index >= 15 is 0 Å². The van der Waals surface area contributed by atoms with Gasteiger partial charge in [-0.2, -0.15) is 0 Å². The van der Waals surface area contributed by atoms with Crippen LogP contribution in [0.2, 0.25) is 0 Å². The van der Waals surface area contributed by atoms with E-state index in [2.05, 4.69) is 9.97 Å². The van der Waals surface area contributed by atoms with E-state index in [0.29, 0.717) is 5.82 Å². The third kappa shape index (κ3) is 1.94. The van der Waals surface area contributed by atoms with E-state index < -0.39 is 12.0 Å². The number of carboxylic acids is 1. The van der Waals surface area contributed by atoms with Gasteiger partial charge in [0.1, 0.15) is 11.5 Å². The maximum absolute atomic E-state index is 10.7. The molecule has 0 saturated carbocycles. The van der Waals surface area contributed by atoms with Crippen molar-refractivity contribution < 1.29 is 9.90 Å². The number of nitrogens with one attached hydrogen (secondary N) is 1. The topological polar surface area (TPSA) is 92.0 Å². The third-order valence-corrected chi connectivity index (χ3v) is 2.28. The second-order valence-electron chi connectivity index (χ2n) is 3.38. The Morgan fingerprint density at radius 3 is 2.62 bits per heavy atom. The van der Waals surface area contributed by atoms with Crippen molar-refractivity contribution in [2.24, 2.45) is 5.73 Å². The first kappa shape index (κ1) is 10.4. The van der Waals surface area contributed by atoms with Crippen LogP contribution < -0.4 is 5.73 Å². The van der Waals surface area contributed by atoms with Crippen LogP contribution in [0, 0.1) is 0 Å². The summed E-state index contributed by atoms with van der Waals surface area (Å²) >= 11 is 0. The fraction of sp³-hybridized carbons (Fsp3) is 0.0909. The molecule has 1 heterocycles. The lowest BCUT2D eigenvalue weighted by Crippen LogP contribution is -2.13. The van der Waals surface area contributed by atoms with E-state index in [0.717, 1.165) is 5.56 Å². The first-order valence-corrected chi connectivity index (χ1v) is 4.77. The minimum Gasteiger partial charge on any atom is -0.477 e.